The average Bonchev–Trinajstić information content (AvgIpc) is 3.34. The lowest BCUT2D eigenvalue weighted by Crippen LogP contribution is -3.00. The Labute approximate surface area is 272 Å². The lowest BCUT2D eigenvalue weighted by atomic mass is 9.92. The van der Waals surface area contributed by atoms with E-state index in [0.717, 1.165) is 36.6 Å². The van der Waals surface area contributed by atoms with Crippen molar-refractivity contribution in [1.82, 2.24) is 9.88 Å². The van der Waals surface area contributed by atoms with Gasteiger partial charge in [-0.15, -0.1) is 0 Å². The predicted molar refractivity (Wildman–Crippen MR) is 164 cm³/mol. The third-order valence-electron chi connectivity index (χ3n) is 7.74. The van der Waals surface area contributed by atoms with E-state index >= 15 is 0 Å². The molecule has 2 aromatic heterocycles. The maximum atomic E-state index is 13.4. The number of carbonyl (C=O) groups is 1. The molecule has 2 aliphatic rings. The number of hydrogen-bond donors (Lipinski definition) is 0. The number of aromatic nitrogens is 2. The number of methoxy groups -OCH3 is 1. The Morgan fingerprint density at radius 2 is 1.80 bits per heavy atom. The van der Waals surface area contributed by atoms with Gasteiger partial charge in [-0.25, -0.2) is 9.55 Å². The van der Waals surface area contributed by atoms with Crippen molar-refractivity contribution in [2.45, 2.75) is 31.6 Å². The minimum absolute atomic E-state index is 0. The van der Waals surface area contributed by atoms with E-state index in [-0.39, 0.29) is 24.3 Å². The first-order valence-electron chi connectivity index (χ1n) is 13.8. The number of carbonyl (C=O) groups excluding carboxylic acids is 1. The predicted octanol–water partition coefficient (Wildman–Crippen LogP) is 2.77. The molecule has 1 unspecified atom stereocenters. The maximum absolute atomic E-state index is 13.4. The van der Waals surface area contributed by atoms with Crippen LogP contribution in [0.1, 0.15) is 23.2 Å². The first kappa shape index (κ1) is 35.4. The zero-order valence-corrected chi connectivity index (χ0v) is 27.2. The minimum atomic E-state index is -4.60. The van der Waals surface area contributed by atoms with Crippen LogP contribution in [-0.4, -0.2) is 70.3 Å². The second-order valence-corrected chi connectivity index (χ2v) is 11.5. The van der Waals surface area contributed by atoms with Gasteiger partial charge in [0.1, 0.15) is 5.82 Å². The Bertz CT molecular complexity index is 1470. The van der Waals surface area contributed by atoms with Gasteiger partial charge in [-0.1, -0.05) is 29.3 Å². The summed E-state index contributed by atoms with van der Waals surface area (Å²) in [6.07, 6.45) is 1.38. The second kappa shape index (κ2) is 15.3. The summed E-state index contributed by atoms with van der Waals surface area (Å²) in [5.41, 5.74) is 5.39. The number of rotatable bonds is 8. The van der Waals surface area contributed by atoms with Gasteiger partial charge < -0.3 is 26.9 Å². The SMILES string of the molecule is CN(C)c1cc[n+](CC2C3=C(CCN2CCN(C)c2ccc(Cl)c(C(F)(F)F)n2)c2cc(Cl)ccc2C3)cc1.COC=O.[Cl-]. The molecular weight excluding hydrogens is 638 g/mol. The van der Waals surface area contributed by atoms with Crippen LogP contribution in [-0.2, 0) is 28.7 Å². The number of hydrogen-bond acceptors (Lipinski definition) is 6. The molecule has 0 spiro atoms. The first-order chi connectivity index (χ1) is 20.4. The Morgan fingerprint density at radius 1 is 1.11 bits per heavy atom. The van der Waals surface area contributed by atoms with Crippen LogP contribution < -0.4 is 26.8 Å². The minimum Gasteiger partial charge on any atom is -1.00 e. The summed E-state index contributed by atoms with van der Waals surface area (Å²) in [6.45, 7) is 3.20. The molecule has 1 aromatic carbocycles. The molecule has 238 valence electrons. The molecule has 0 saturated carbocycles. The Morgan fingerprint density at radius 3 is 2.41 bits per heavy atom. The molecule has 0 bridgehead atoms. The monoisotopic (exact) mass is 671 g/mol. The van der Waals surface area contributed by atoms with Crippen LogP contribution in [0.15, 0.2) is 60.4 Å². The summed E-state index contributed by atoms with van der Waals surface area (Å²) in [5.74, 6) is 0.247. The first-order valence-corrected chi connectivity index (χ1v) is 14.5. The molecule has 1 aliphatic carbocycles. The number of anilines is 2. The fourth-order valence-corrected chi connectivity index (χ4v) is 5.90. The maximum Gasteiger partial charge on any atom is 0.434 e. The van der Waals surface area contributed by atoms with E-state index in [1.165, 1.54) is 41.5 Å². The molecule has 0 amide bonds. The standard InChI is InChI=1S/C29H31Cl2F3N5.C2H4O2.ClH/c1-36(2)21-8-11-38(12-9-21)18-26-24-16-19-4-5-20(30)17-23(19)22(24)10-13-39(26)15-14-37(3)27-7-6-25(31)28(35-27)29(32,33)34;1-4-2-3;/h4-9,11-12,17,26H,10,13-16,18H2,1-3H3;2H,1H3;1H/q+1;;/p-1. The molecule has 0 fully saturated rings. The van der Waals surface area contributed by atoms with Gasteiger partial charge in [-0.3, -0.25) is 9.69 Å². The largest absolute Gasteiger partial charge is 1.00 e. The smallest absolute Gasteiger partial charge is 0.434 e. The highest BCUT2D eigenvalue weighted by Gasteiger charge is 2.38. The van der Waals surface area contributed by atoms with Crippen LogP contribution in [0.2, 0.25) is 10.0 Å². The van der Waals surface area contributed by atoms with E-state index in [0.29, 0.717) is 19.6 Å². The lowest BCUT2D eigenvalue weighted by Gasteiger charge is -2.36. The van der Waals surface area contributed by atoms with E-state index in [1.54, 1.807) is 11.9 Å². The topological polar surface area (TPSA) is 52.8 Å². The molecule has 0 radical (unpaired) electrons. The normalized spacial score (nSPS) is 15.8. The highest BCUT2D eigenvalue weighted by molar-refractivity contribution is 6.31. The highest BCUT2D eigenvalue weighted by Crippen LogP contribution is 2.42. The van der Waals surface area contributed by atoms with Crippen molar-refractivity contribution < 1.29 is 39.7 Å². The van der Waals surface area contributed by atoms with Gasteiger partial charge in [0.15, 0.2) is 24.6 Å². The van der Waals surface area contributed by atoms with Gasteiger partial charge in [0.2, 0.25) is 0 Å². The number of ether oxygens (including phenoxy) is 1. The van der Waals surface area contributed by atoms with Crippen molar-refractivity contribution in [3.05, 3.63) is 87.3 Å². The Balaban J connectivity index is 0.000000998. The number of halogens is 6. The number of benzene rings is 1. The van der Waals surface area contributed by atoms with Gasteiger partial charge >= 0.3 is 6.18 Å². The molecule has 0 N–H and O–H groups in total. The van der Waals surface area contributed by atoms with E-state index < -0.39 is 16.9 Å². The zero-order valence-electron chi connectivity index (χ0n) is 24.9. The number of nitrogens with zero attached hydrogens (tertiary/aromatic N) is 5. The lowest BCUT2D eigenvalue weighted by molar-refractivity contribution is -0.700. The number of alkyl halides is 3. The number of pyridine rings is 2. The molecule has 3 heterocycles. The van der Waals surface area contributed by atoms with Crippen molar-refractivity contribution in [3.8, 4) is 0 Å². The van der Waals surface area contributed by atoms with E-state index in [1.807, 2.05) is 20.2 Å². The third kappa shape index (κ3) is 8.35. The van der Waals surface area contributed by atoms with E-state index in [4.69, 9.17) is 28.0 Å². The Hall–Kier alpha value is -3.05. The molecule has 44 heavy (non-hydrogen) atoms. The van der Waals surface area contributed by atoms with E-state index in [9.17, 15) is 13.2 Å². The molecule has 7 nitrogen and oxygen atoms in total. The molecule has 5 rings (SSSR count). The number of fused-ring (bicyclic) bond motifs is 2. The van der Waals surface area contributed by atoms with Crippen LogP contribution in [0.5, 0.6) is 0 Å². The van der Waals surface area contributed by atoms with Crippen LogP contribution >= 0.6 is 23.2 Å². The average molecular weight is 673 g/mol. The van der Waals surface area contributed by atoms with Crippen molar-refractivity contribution >= 4 is 46.8 Å². The Kier molecular flexibility index (Phi) is 12.3. The second-order valence-electron chi connectivity index (χ2n) is 10.7. The van der Waals surface area contributed by atoms with Gasteiger partial charge in [-0.05, 0) is 59.4 Å². The quantitative estimate of drug-likeness (QED) is 0.271. The van der Waals surface area contributed by atoms with Crippen molar-refractivity contribution in [1.29, 1.82) is 0 Å². The molecule has 1 atom stereocenters. The molecule has 3 aromatic rings. The zero-order chi connectivity index (χ0) is 31.3. The third-order valence-corrected chi connectivity index (χ3v) is 8.28. The van der Waals surface area contributed by atoms with E-state index in [2.05, 4.69) is 60.7 Å². The molecular formula is C31H35Cl3F3N5O2. The molecule has 13 heteroatoms. The van der Waals surface area contributed by atoms with Crippen molar-refractivity contribution in [3.63, 3.8) is 0 Å². The summed E-state index contributed by atoms with van der Waals surface area (Å²) in [7, 11) is 7.11. The van der Waals surface area contributed by atoms with Gasteiger partial charge in [0.25, 0.3) is 6.47 Å². The summed E-state index contributed by atoms with van der Waals surface area (Å²) in [4.78, 5) is 19.0. The number of likely N-dealkylation sites (N-methyl/N-ethyl adjacent to an activating group) is 1. The summed E-state index contributed by atoms with van der Waals surface area (Å²) < 4.78 is 46.2. The van der Waals surface area contributed by atoms with Crippen molar-refractivity contribution in [2.24, 2.45) is 0 Å². The van der Waals surface area contributed by atoms with Gasteiger partial charge in [-0.2, -0.15) is 13.2 Å². The summed E-state index contributed by atoms with van der Waals surface area (Å²) in [6, 6.07) is 13.3. The van der Waals surface area contributed by atoms with Crippen molar-refractivity contribution in [2.75, 3.05) is 57.7 Å². The van der Waals surface area contributed by atoms with Crippen LogP contribution in [0.3, 0.4) is 0 Å². The highest BCUT2D eigenvalue weighted by atomic mass is 35.5. The van der Waals surface area contributed by atoms with Gasteiger partial charge in [0.05, 0.1) is 18.2 Å². The fraction of sp³-hybridized carbons (Fsp3) is 0.387. The van der Waals surface area contributed by atoms with Crippen LogP contribution in [0.25, 0.3) is 5.57 Å². The fourth-order valence-electron chi connectivity index (χ4n) is 5.51. The van der Waals surface area contributed by atoms with Crippen LogP contribution in [0.4, 0.5) is 24.7 Å². The molecule has 0 saturated heterocycles. The van der Waals surface area contributed by atoms with Gasteiger partial charge in [0, 0.05) is 63.6 Å². The molecule has 1 aliphatic heterocycles. The van der Waals surface area contributed by atoms with Crippen LogP contribution in [0, 0.1) is 0 Å². The summed E-state index contributed by atoms with van der Waals surface area (Å²) in [5, 5.41) is 0.346. The summed E-state index contributed by atoms with van der Waals surface area (Å²) >= 11 is 12.1.